The van der Waals surface area contributed by atoms with E-state index in [4.69, 9.17) is 5.26 Å². The standard InChI is InChI=1S/C11H11F3N2/c1-8(6-15)16-7-9-3-2-4-10(5-9)11(12,13)14/h2-5,8,16H,7H2,1H3. The lowest BCUT2D eigenvalue weighted by Crippen LogP contribution is -2.23. The SMILES string of the molecule is CC(C#N)NCc1cccc(C(F)(F)F)c1. The minimum absolute atomic E-state index is 0.249. The molecule has 1 aromatic rings. The second kappa shape index (κ2) is 4.99. The number of halogens is 3. The molecule has 86 valence electrons. The quantitative estimate of drug-likeness (QED) is 0.863. The number of nitrogens with one attached hydrogen (secondary N) is 1. The van der Waals surface area contributed by atoms with E-state index >= 15 is 0 Å². The highest BCUT2D eigenvalue weighted by Gasteiger charge is 2.30. The van der Waals surface area contributed by atoms with Gasteiger partial charge in [0.2, 0.25) is 0 Å². The number of nitriles is 1. The molecular formula is C11H11F3N2. The number of rotatable bonds is 3. The summed E-state index contributed by atoms with van der Waals surface area (Å²) in [6.45, 7) is 1.90. The van der Waals surface area contributed by atoms with Crippen molar-refractivity contribution in [3.63, 3.8) is 0 Å². The molecule has 0 aromatic heterocycles. The van der Waals surface area contributed by atoms with Gasteiger partial charge in [-0.25, -0.2) is 0 Å². The number of nitrogens with zero attached hydrogens (tertiary/aromatic N) is 1. The summed E-state index contributed by atoms with van der Waals surface area (Å²) in [4.78, 5) is 0. The molecule has 0 amide bonds. The Hall–Kier alpha value is -1.54. The normalized spacial score (nSPS) is 13.2. The highest BCUT2D eigenvalue weighted by atomic mass is 19.4. The van der Waals surface area contributed by atoms with Crippen molar-refractivity contribution < 1.29 is 13.2 Å². The van der Waals surface area contributed by atoms with Crippen LogP contribution in [0.1, 0.15) is 18.1 Å². The van der Waals surface area contributed by atoms with E-state index < -0.39 is 11.7 Å². The maximum absolute atomic E-state index is 12.4. The van der Waals surface area contributed by atoms with Crippen LogP contribution in [0.4, 0.5) is 13.2 Å². The molecule has 0 fully saturated rings. The van der Waals surface area contributed by atoms with Gasteiger partial charge in [0.1, 0.15) is 0 Å². The summed E-state index contributed by atoms with van der Waals surface area (Å²) < 4.78 is 37.1. The first kappa shape index (κ1) is 12.5. The van der Waals surface area contributed by atoms with E-state index in [1.807, 2.05) is 6.07 Å². The van der Waals surface area contributed by atoms with Crippen LogP contribution in [0.5, 0.6) is 0 Å². The van der Waals surface area contributed by atoms with Crippen molar-refractivity contribution in [2.45, 2.75) is 25.7 Å². The fourth-order valence-electron chi connectivity index (χ4n) is 1.17. The van der Waals surface area contributed by atoms with E-state index in [9.17, 15) is 13.2 Å². The van der Waals surface area contributed by atoms with Crippen molar-refractivity contribution in [2.75, 3.05) is 0 Å². The van der Waals surface area contributed by atoms with Crippen molar-refractivity contribution in [1.29, 1.82) is 5.26 Å². The molecule has 1 aromatic carbocycles. The molecule has 0 radical (unpaired) electrons. The first-order valence-electron chi connectivity index (χ1n) is 4.72. The Morgan fingerprint density at radius 3 is 2.69 bits per heavy atom. The molecule has 1 N–H and O–H groups in total. The smallest absolute Gasteiger partial charge is 0.298 e. The van der Waals surface area contributed by atoms with Crippen molar-refractivity contribution in [2.24, 2.45) is 0 Å². The molecule has 0 saturated heterocycles. The van der Waals surface area contributed by atoms with Gasteiger partial charge in [-0.1, -0.05) is 18.2 Å². The van der Waals surface area contributed by atoms with E-state index in [0.29, 0.717) is 5.56 Å². The first-order valence-corrected chi connectivity index (χ1v) is 4.72. The van der Waals surface area contributed by atoms with Gasteiger partial charge in [-0.2, -0.15) is 18.4 Å². The average Bonchev–Trinajstić information content (AvgIpc) is 2.25. The van der Waals surface area contributed by atoms with Crippen molar-refractivity contribution >= 4 is 0 Å². The maximum Gasteiger partial charge on any atom is 0.416 e. The van der Waals surface area contributed by atoms with Crippen LogP contribution in [0.2, 0.25) is 0 Å². The Morgan fingerprint density at radius 1 is 1.44 bits per heavy atom. The Labute approximate surface area is 91.7 Å². The van der Waals surface area contributed by atoms with Crippen LogP contribution in [0.15, 0.2) is 24.3 Å². The van der Waals surface area contributed by atoms with Crippen LogP contribution >= 0.6 is 0 Å². The minimum Gasteiger partial charge on any atom is -0.298 e. The summed E-state index contributed by atoms with van der Waals surface area (Å²) in [6, 6.07) is 6.62. The van der Waals surface area contributed by atoms with Crippen molar-refractivity contribution in [3.05, 3.63) is 35.4 Å². The molecule has 1 unspecified atom stereocenters. The minimum atomic E-state index is -4.32. The van der Waals surface area contributed by atoms with E-state index in [1.165, 1.54) is 6.07 Å². The molecule has 0 aliphatic rings. The Balaban J connectivity index is 2.73. The van der Waals surface area contributed by atoms with Crippen LogP contribution < -0.4 is 5.32 Å². The predicted octanol–water partition coefficient (Wildman–Crippen LogP) is 2.71. The van der Waals surface area contributed by atoms with E-state index in [2.05, 4.69) is 5.32 Å². The molecule has 0 heterocycles. The highest BCUT2D eigenvalue weighted by molar-refractivity contribution is 5.25. The molecule has 1 atom stereocenters. The van der Waals surface area contributed by atoms with Crippen LogP contribution in [-0.2, 0) is 12.7 Å². The van der Waals surface area contributed by atoms with Gasteiger partial charge in [-0.3, -0.25) is 5.32 Å². The Bertz CT molecular complexity index is 393. The topological polar surface area (TPSA) is 35.8 Å². The van der Waals surface area contributed by atoms with Crippen molar-refractivity contribution in [1.82, 2.24) is 5.32 Å². The van der Waals surface area contributed by atoms with E-state index in [1.54, 1.807) is 13.0 Å². The first-order chi connectivity index (χ1) is 7.43. The fourth-order valence-corrected chi connectivity index (χ4v) is 1.17. The van der Waals surface area contributed by atoms with Crippen LogP contribution in [0.25, 0.3) is 0 Å². The van der Waals surface area contributed by atoms with Gasteiger partial charge in [0.15, 0.2) is 0 Å². The van der Waals surface area contributed by atoms with Gasteiger partial charge < -0.3 is 0 Å². The Morgan fingerprint density at radius 2 is 2.12 bits per heavy atom. The third-order valence-corrected chi connectivity index (χ3v) is 2.06. The zero-order valence-corrected chi connectivity index (χ0v) is 8.67. The van der Waals surface area contributed by atoms with Gasteiger partial charge in [0, 0.05) is 6.54 Å². The summed E-state index contributed by atoms with van der Waals surface area (Å²) >= 11 is 0. The van der Waals surface area contributed by atoms with Crippen molar-refractivity contribution in [3.8, 4) is 6.07 Å². The molecular weight excluding hydrogens is 217 g/mol. The molecule has 5 heteroatoms. The van der Waals surface area contributed by atoms with Crippen LogP contribution in [0, 0.1) is 11.3 Å². The highest BCUT2D eigenvalue weighted by Crippen LogP contribution is 2.29. The third kappa shape index (κ3) is 3.55. The summed E-state index contributed by atoms with van der Waals surface area (Å²) in [7, 11) is 0. The number of hydrogen-bond acceptors (Lipinski definition) is 2. The number of alkyl halides is 3. The fraction of sp³-hybridized carbons (Fsp3) is 0.364. The monoisotopic (exact) mass is 228 g/mol. The van der Waals surface area contributed by atoms with E-state index in [-0.39, 0.29) is 12.6 Å². The lowest BCUT2D eigenvalue weighted by Gasteiger charge is -2.10. The summed E-state index contributed by atoms with van der Waals surface area (Å²) in [5, 5.41) is 11.3. The molecule has 0 spiro atoms. The zero-order valence-electron chi connectivity index (χ0n) is 8.67. The van der Waals surface area contributed by atoms with Gasteiger partial charge in [0.25, 0.3) is 0 Å². The lowest BCUT2D eigenvalue weighted by molar-refractivity contribution is -0.137. The van der Waals surface area contributed by atoms with Gasteiger partial charge >= 0.3 is 6.18 Å². The summed E-state index contributed by atoms with van der Waals surface area (Å²) in [5.41, 5.74) is -0.159. The second-order valence-corrected chi connectivity index (χ2v) is 3.43. The lowest BCUT2D eigenvalue weighted by atomic mass is 10.1. The maximum atomic E-state index is 12.4. The van der Waals surface area contributed by atoms with Crippen LogP contribution in [0.3, 0.4) is 0 Å². The summed E-state index contributed by atoms with van der Waals surface area (Å²) in [5.74, 6) is 0. The van der Waals surface area contributed by atoms with Gasteiger partial charge in [-0.05, 0) is 18.6 Å². The predicted molar refractivity (Wildman–Crippen MR) is 53.4 cm³/mol. The third-order valence-electron chi connectivity index (χ3n) is 2.06. The number of hydrogen-bond donors (Lipinski definition) is 1. The zero-order chi connectivity index (χ0) is 12.2. The second-order valence-electron chi connectivity index (χ2n) is 3.43. The Kier molecular flexibility index (Phi) is 3.91. The molecule has 0 saturated carbocycles. The van der Waals surface area contributed by atoms with Gasteiger partial charge in [-0.15, -0.1) is 0 Å². The molecule has 1 rings (SSSR count). The molecule has 0 aliphatic heterocycles. The van der Waals surface area contributed by atoms with Crippen LogP contribution in [-0.4, -0.2) is 6.04 Å². The molecule has 2 nitrogen and oxygen atoms in total. The average molecular weight is 228 g/mol. The summed E-state index contributed by atoms with van der Waals surface area (Å²) in [6.07, 6.45) is -4.32. The molecule has 0 bridgehead atoms. The van der Waals surface area contributed by atoms with E-state index in [0.717, 1.165) is 12.1 Å². The van der Waals surface area contributed by atoms with Gasteiger partial charge in [0.05, 0.1) is 17.7 Å². The largest absolute Gasteiger partial charge is 0.416 e. The molecule has 16 heavy (non-hydrogen) atoms. The number of benzene rings is 1. The molecule has 0 aliphatic carbocycles.